The summed E-state index contributed by atoms with van der Waals surface area (Å²) in [5.74, 6) is -2.96. The summed E-state index contributed by atoms with van der Waals surface area (Å²) in [6.07, 6.45) is 1.40. The maximum Gasteiger partial charge on any atom is 0.261 e. The second-order valence-electron chi connectivity index (χ2n) is 7.19. The highest BCUT2D eigenvalue weighted by Crippen LogP contribution is 2.32. The smallest absolute Gasteiger partial charge is 0.261 e. The second-order valence-corrected chi connectivity index (χ2v) is 8.10. The third kappa shape index (κ3) is 3.68. The minimum atomic E-state index is -2.74. The van der Waals surface area contributed by atoms with Gasteiger partial charge in [0, 0.05) is 35.0 Å². The van der Waals surface area contributed by atoms with Gasteiger partial charge in [0.15, 0.2) is 11.5 Å². The van der Waals surface area contributed by atoms with E-state index in [2.05, 4.69) is 25.8 Å². The molecule has 0 saturated carbocycles. The number of halogens is 3. The summed E-state index contributed by atoms with van der Waals surface area (Å²) in [6.45, 7) is 8.68. The van der Waals surface area contributed by atoms with E-state index in [1.807, 2.05) is 29.7 Å². The van der Waals surface area contributed by atoms with Crippen LogP contribution in [0.1, 0.15) is 22.5 Å². The van der Waals surface area contributed by atoms with Crippen LogP contribution in [0.25, 0.3) is 21.6 Å². The van der Waals surface area contributed by atoms with Crippen LogP contribution in [0.4, 0.5) is 14.5 Å². The van der Waals surface area contributed by atoms with Crippen LogP contribution >= 0.6 is 15.9 Å². The largest absolute Gasteiger partial charge is 0.312 e. The fourth-order valence-electron chi connectivity index (χ4n) is 3.82. The Balaban J connectivity index is 1.79. The number of aromatic nitrogens is 2. The number of rotatable bonds is 4. The number of likely N-dealkylation sites (tertiary alicyclic amines) is 1. The molecule has 3 aromatic rings. The quantitative estimate of drug-likeness (QED) is 0.400. The van der Waals surface area contributed by atoms with Crippen molar-refractivity contribution in [2.24, 2.45) is 0 Å². The zero-order chi connectivity index (χ0) is 20.8. The molecule has 5 nitrogen and oxygen atoms in total. The first-order chi connectivity index (χ1) is 13.8. The lowest BCUT2D eigenvalue weighted by Crippen LogP contribution is -2.30. The first-order valence-corrected chi connectivity index (χ1v) is 9.86. The topological polar surface area (TPSA) is 42.5 Å². The number of carbonyl (C=O) groups is 1. The highest BCUT2D eigenvalue weighted by Gasteiger charge is 2.39. The number of benzene rings is 1. The Labute approximate surface area is 174 Å². The van der Waals surface area contributed by atoms with E-state index in [1.54, 1.807) is 18.3 Å². The summed E-state index contributed by atoms with van der Waals surface area (Å²) in [6, 6.07) is 8.94. The molecule has 0 aliphatic carbocycles. The lowest BCUT2D eigenvalue weighted by Gasteiger charge is -2.14. The highest BCUT2D eigenvalue weighted by atomic mass is 79.9. The van der Waals surface area contributed by atoms with Gasteiger partial charge in [-0.05, 0) is 41.1 Å². The highest BCUT2D eigenvalue weighted by molar-refractivity contribution is 9.10. The van der Waals surface area contributed by atoms with Gasteiger partial charge in [0.1, 0.15) is 0 Å². The maximum absolute atomic E-state index is 13.5. The Morgan fingerprint density at radius 2 is 2.07 bits per heavy atom. The van der Waals surface area contributed by atoms with Crippen LogP contribution < -0.4 is 0 Å². The molecule has 2 aromatic heterocycles. The molecule has 1 aromatic carbocycles. The molecule has 0 atom stereocenters. The van der Waals surface area contributed by atoms with Crippen LogP contribution in [0.15, 0.2) is 41.0 Å². The molecule has 0 radical (unpaired) electrons. The molecule has 0 unspecified atom stereocenters. The standard InChI is InChI=1S/C21H17BrF2N4O/c1-13-19(18(29)11-27-8-7-21(23,24)12-27)20-17(9-14(22)10-26-20)28(13)16-5-3-15(25-2)4-6-16/h3-6,9-10H,7-8,11-12H2,1H3. The summed E-state index contributed by atoms with van der Waals surface area (Å²) >= 11 is 3.42. The molecule has 0 bridgehead atoms. The molecule has 0 spiro atoms. The van der Waals surface area contributed by atoms with Gasteiger partial charge in [0.25, 0.3) is 5.92 Å². The number of pyridine rings is 1. The van der Waals surface area contributed by atoms with Crippen LogP contribution in [0.5, 0.6) is 0 Å². The van der Waals surface area contributed by atoms with Crippen LogP contribution in [0.2, 0.25) is 0 Å². The number of Topliss-reactive ketones (excluding diaryl/α,β-unsaturated/α-hetero) is 1. The third-order valence-electron chi connectivity index (χ3n) is 5.14. The van der Waals surface area contributed by atoms with Gasteiger partial charge < -0.3 is 4.57 Å². The lowest BCUT2D eigenvalue weighted by molar-refractivity contribution is 0.0127. The van der Waals surface area contributed by atoms with Crippen LogP contribution in [0.3, 0.4) is 0 Å². The Morgan fingerprint density at radius 3 is 2.69 bits per heavy atom. The second kappa shape index (κ2) is 7.32. The minimum Gasteiger partial charge on any atom is -0.312 e. The summed E-state index contributed by atoms with van der Waals surface area (Å²) in [7, 11) is 0. The lowest BCUT2D eigenvalue weighted by atomic mass is 10.1. The van der Waals surface area contributed by atoms with E-state index >= 15 is 0 Å². The fourth-order valence-corrected chi connectivity index (χ4v) is 4.14. The number of hydrogen-bond donors (Lipinski definition) is 0. The average Bonchev–Trinajstić information content (AvgIpc) is 3.16. The van der Waals surface area contributed by atoms with Crippen molar-refractivity contribution in [2.75, 3.05) is 19.6 Å². The Hall–Kier alpha value is -2.63. The number of carbonyl (C=O) groups excluding carboxylic acids is 1. The van der Waals surface area contributed by atoms with Gasteiger partial charge in [0.05, 0.1) is 36.3 Å². The molecule has 0 amide bonds. The van der Waals surface area contributed by atoms with Crippen LogP contribution in [-0.2, 0) is 0 Å². The summed E-state index contributed by atoms with van der Waals surface area (Å²) < 4.78 is 29.7. The molecule has 3 heterocycles. The normalized spacial score (nSPS) is 16.2. The van der Waals surface area contributed by atoms with Crippen molar-refractivity contribution in [3.05, 3.63) is 63.7 Å². The fraction of sp³-hybridized carbons (Fsp3) is 0.286. The van der Waals surface area contributed by atoms with Gasteiger partial charge in [-0.25, -0.2) is 13.6 Å². The first-order valence-electron chi connectivity index (χ1n) is 9.07. The molecule has 0 N–H and O–H groups in total. The molecule has 148 valence electrons. The van der Waals surface area contributed by atoms with Gasteiger partial charge in [-0.3, -0.25) is 14.7 Å². The zero-order valence-electron chi connectivity index (χ0n) is 15.6. The predicted octanol–water partition coefficient (Wildman–Crippen LogP) is 5.17. The van der Waals surface area contributed by atoms with Crippen molar-refractivity contribution in [1.29, 1.82) is 0 Å². The number of ketones is 1. The van der Waals surface area contributed by atoms with Crippen molar-refractivity contribution in [2.45, 2.75) is 19.3 Å². The zero-order valence-corrected chi connectivity index (χ0v) is 17.2. The Kier molecular flexibility index (Phi) is 4.97. The van der Waals surface area contributed by atoms with E-state index in [-0.39, 0.29) is 25.3 Å². The number of alkyl halides is 2. The number of nitrogens with zero attached hydrogens (tertiary/aromatic N) is 4. The Morgan fingerprint density at radius 1 is 1.34 bits per heavy atom. The molecule has 8 heteroatoms. The molecular formula is C21H17BrF2N4O. The van der Waals surface area contributed by atoms with Crippen LogP contribution in [-0.4, -0.2) is 45.8 Å². The van der Waals surface area contributed by atoms with Crippen molar-refractivity contribution in [3.63, 3.8) is 0 Å². The van der Waals surface area contributed by atoms with Gasteiger partial charge in [-0.2, -0.15) is 0 Å². The van der Waals surface area contributed by atoms with Crippen molar-refractivity contribution in [1.82, 2.24) is 14.5 Å². The SMILES string of the molecule is [C-]#[N+]c1ccc(-n2c(C)c(C(=O)CN3CCC(F)(F)C3)c3ncc(Br)cc32)cc1. The van der Waals surface area contributed by atoms with Crippen molar-refractivity contribution < 1.29 is 13.6 Å². The number of hydrogen-bond acceptors (Lipinski definition) is 3. The van der Waals surface area contributed by atoms with E-state index in [4.69, 9.17) is 6.57 Å². The van der Waals surface area contributed by atoms with E-state index < -0.39 is 12.5 Å². The predicted molar refractivity (Wildman–Crippen MR) is 110 cm³/mol. The molecule has 1 aliphatic rings. The van der Waals surface area contributed by atoms with E-state index in [1.165, 1.54) is 4.90 Å². The third-order valence-corrected chi connectivity index (χ3v) is 5.57. The summed E-state index contributed by atoms with van der Waals surface area (Å²) in [4.78, 5) is 22.4. The van der Waals surface area contributed by atoms with Crippen molar-refractivity contribution in [3.8, 4) is 5.69 Å². The van der Waals surface area contributed by atoms with Crippen LogP contribution in [0, 0.1) is 13.5 Å². The van der Waals surface area contributed by atoms with E-state index in [0.29, 0.717) is 22.5 Å². The molecular weight excluding hydrogens is 442 g/mol. The first kappa shape index (κ1) is 19.7. The monoisotopic (exact) mass is 458 g/mol. The van der Waals surface area contributed by atoms with Crippen molar-refractivity contribution >= 4 is 38.4 Å². The molecule has 1 aliphatic heterocycles. The van der Waals surface area contributed by atoms with Gasteiger partial charge >= 0.3 is 0 Å². The molecule has 4 rings (SSSR count). The van der Waals surface area contributed by atoms with Gasteiger partial charge in [-0.1, -0.05) is 12.1 Å². The average molecular weight is 459 g/mol. The Bertz CT molecular complexity index is 1150. The minimum absolute atomic E-state index is 0.0655. The summed E-state index contributed by atoms with van der Waals surface area (Å²) in [5.41, 5.74) is 3.73. The number of fused-ring (bicyclic) bond motifs is 1. The van der Waals surface area contributed by atoms with Gasteiger partial charge in [-0.15, -0.1) is 0 Å². The van der Waals surface area contributed by atoms with E-state index in [9.17, 15) is 13.6 Å². The molecule has 1 saturated heterocycles. The summed E-state index contributed by atoms with van der Waals surface area (Å²) in [5, 5.41) is 0. The maximum atomic E-state index is 13.5. The molecule has 1 fully saturated rings. The molecule has 29 heavy (non-hydrogen) atoms. The van der Waals surface area contributed by atoms with Gasteiger partial charge in [0.2, 0.25) is 0 Å². The van der Waals surface area contributed by atoms with E-state index in [0.717, 1.165) is 15.7 Å².